The molecule has 440 valence electrons. The fourth-order valence-electron chi connectivity index (χ4n) is 11.5. The van der Waals surface area contributed by atoms with Crippen molar-refractivity contribution < 1.29 is 30.0 Å². The number of amides is 2. The number of hydrogen-bond acceptors (Lipinski definition) is 8. The number of carbonyl (C=O) groups excluding carboxylic acids is 2. The van der Waals surface area contributed by atoms with E-state index < -0.39 is 30.4 Å². The molecule has 0 aliphatic carbocycles. The van der Waals surface area contributed by atoms with Crippen LogP contribution in [-0.4, -0.2) is 129 Å². The van der Waals surface area contributed by atoms with Gasteiger partial charge in [-0.15, -0.1) is 0 Å². The first-order chi connectivity index (χ1) is 35.9. The Balaban J connectivity index is 2.81. The van der Waals surface area contributed by atoms with Crippen LogP contribution in [0, 0.1) is 5.92 Å². The van der Waals surface area contributed by atoms with Crippen LogP contribution >= 0.6 is 0 Å². The van der Waals surface area contributed by atoms with Crippen molar-refractivity contribution in [1.82, 2.24) is 20.0 Å². The summed E-state index contributed by atoms with van der Waals surface area (Å²) in [6, 6.07) is -1.22. The number of rotatable bonds is 56. The average molecular weight is 1050 g/mol. The lowest BCUT2D eigenvalue weighted by Gasteiger charge is -2.40. The third-order valence-electron chi connectivity index (χ3n) is 16.2. The van der Waals surface area contributed by atoms with Gasteiger partial charge in [-0.05, 0) is 90.1 Å². The summed E-state index contributed by atoms with van der Waals surface area (Å²) < 4.78 is 0. The van der Waals surface area contributed by atoms with Crippen LogP contribution in [-0.2, 0) is 9.59 Å². The highest BCUT2D eigenvalue weighted by atomic mass is 16.3. The number of β-amino-alcohol motifs (C(OH)–C–C–N with tert-alkyl or cyclic N) is 1. The molecule has 1 fully saturated rings. The van der Waals surface area contributed by atoms with Crippen LogP contribution in [0.2, 0.25) is 0 Å². The fourth-order valence-corrected chi connectivity index (χ4v) is 11.5. The summed E-state index contributed by atoms with van der Waals surface area (Å²) in [5.41, 5.74) is 0. The molecular weight excluding hydrogens is 921 g/mol. The molecule has 0 spiro atoms. The Morgan fingerprint density at radius 2 is 0.743 bits per heavy atom. The molecule has 7 unspecified atom stereocenters. The van der Waals surface area contributed by atoms with E-state index in [4.69, 9.17) is 0 Å². The lowest BCUT2D eigenvalue weighted by atomic mass is 9.97. The van der Waals surface area contributed by atoms with Crippen molar-refractivity contribution in [2.45, 2.75) is 348 Å². The van der Waals surface area contributed by atoms with E-state index in [0.717, 1.165) is 96.7 Å². The standard InChI is InChI=1S/C64H128N4O6/c1-7-11-15-19-23-27-31-35-43-56(5)51-66(53-58(70)44-36-32-28-24-20-16-12-8-2)49-41-39-47-61-64(74)68(52-57(6)69)62(63(73)65-61)48-40-42-50-67(54-59(71)45-37-33-29-25-21-17-13-9-3)55-60(72)46-38-34-30-26-22-18-14-10-4/h56-62,69-72H,7-55H2,1-6H3,(H,65,73). The number of carbonyl (C=O) groups is 2. The van der Waals surface area contributed by atoms with Gasteiger partial charge < -0.3 is 35.5 Å². The van der Waals surface area contributed by atoms with E-state index in [1.165, 1.54) is 180 Å². The number of piperazine rings is 1. The molecule has 2 amide bonds. The van der Waals surface area contributed by atoms with Gasteiger partial charge in [0.05, 0.1) is 24.4 Å². The van der Waals surface area contributed by atoms with Crippen molar-refractivity contribution in [1.29, 1.82) is 0 Å². The summed E-state index contributed by atoms with van der Waals surface area (Å²) in [6.07, 6.45) is 46.5. The first-order valence-electron chi connectivity index (χ1n) is 32.7. The predicted molar refractivity (Wildman–Crippen MR) is 316 cm³/mol. The highest BCUT2D eigenvalue weighted by molar-refractivity contribution is 5.97. The zero-order valence-electron chi connectivity index (χ0n) is 50.1. The maximum atomic E-state index is 14.1. The Kier molecular flexibility index (Phi) is 47.7. The van der Waals surface area contributed by atoms with Gasteiger partial charge in [-0.3, -0.25) is 14.5 Å². The number of aliphatic hydroxyl groups is 4. The summed E-state index contributed by atoms with van der Waals surface area (Å²) in [4.78, 5) is 34.3. The molecule has 74 heavy (non-hydrogen) atoms. The Labute approximate surface area is 459 Å². The maximum absolute atomic E-state index is 14.1. The van der Waals surface area contributed by atoms with Crippen LogP contribution in [0.3, 0.4) is 0 Å². The minimum Gasteiger partial charge on any atom is -0.392 e. The minimum atomic E-state index is -0.743. The molecule has 10 heteroatoms. The van der Waals surface area contributed by atoms with E-state index >= 15 is 0 Å². The van der Waals surface area contributed by atoms with E-state index in [1.54, 1.807) is 11.8 Å². The fraction of sp³-hybridized carbons (Fsp3) is 0.969. The van der Waals surface area contributed by atoms with Crippen molar-refractivity contribution in [2.75, 3.05) is 45.8 Å². The SMILES string of the molecule is CCCCCCCCCCC(C)CN(CCCCC1NC(=O)C(CCCCN(CC(O)CCCCCCCCCC)CC(O)CCCCCCCCCC)N(CC(C)O)C1=O)CC(O)CCCCCCCCCC. The molecule has 1 heterocycles. The van der Waals surface area contributed by atoms with Crippen LogP contribution in [0.1, 0.15) is 311 Å². The van der Waals surface area contributed by atoms with Gasteiger partial charge in [0.25, 0.3) is 0 Å². The number of nitrogens with one attached hydrogen (secondary N) is 1. The molecule has 1 aliphatic heterocycles. The highest BCUT2D eigenvalue weighted by Crippen LogP contribution is 2.22. The molecule has 7 atom stereocenters. The van der Waals surface area contributed by atoms with Crippen molar-refractivity contribution >= 4 is 11.8 Å². The molecular formula is C64H128N4O6. The number of hydrogen-bond donors (Lipinski definition) is 5. The second-order valence-corrected chi connectivity index (χ2v) is 24.0. The van der Waals surface area contributed by atoms with Crippen LogP contribution in [0.5, 0.6) is 0 Å². The lowest BCUT2D eigenvalue weighted by molar-refractivity contribution is -0.151. The molecule has 0 aromatic rings. The molecule has 5 N–H and O–H groups in total. The van der Waals surface area contributed by atoms with E-state index in [1.807, 2.05) is 0 Å². The Morgan fingerprint density at radius 3 is 1.11 bits per heavy atom. The van der Waals surface area contributed by atoms with Crippen LogP contribution < -0.4 is 5.32 Å². The summed E-state index contributed by atoms with van der Waals surface area (Å²) >= 11 is 0. The van der Waals surface area contributed by atoms with Gasteiger partial charge in [0.2, 0.25) is 11.8 Å². The Morgan fingerprint density at radius 1 is 0.419 bits per heavy atom. The van der Waals surface area contributed by atoms with Crippen molar-refractivity contribution in [3.05, 3.63) is 0 Å². The highest BCUT2D eigenvalue weighted by Gasteiger charge is 2.40. The van der Waals surface area contributed by atoms with Gasteiger partial charge in [0.1, 0.15) is 12.1 Å². The molecule has 0 radical (unpaired) electrons. The zero-order chi connectivity index (χ0) is 54.3. The van der Waals surface area contributed by atoms with Gasteiger partial charge in [0, 0.05) is 32.7 Å². The molecule has 1 saturated heterocycles. The molecule has 10 nitrogen and oxygen atoms in total. The van der Waals surface area contributed by atoms with Gasteiger partial charge in [-0.1, -0.05) is 240 Å². The van der Waals surface area contributed by atoms with E-state index in [9.17, 15) is 30.0 Å². The first-order valence-corrected chi connectivity index (χ1v) is 32.7. The summed E-state index contributed by atoms with van der Waals surface area (Å²) in [7, 11) is 0. The van der Waals surface area contributed by atoms with E-state index in [0.29, 0.717) is 38.4 Å². The molecule has 0 aromatic carbocycles. The lowest BCUT2D eigenvalue weighted by Crippen LogP contribution is -2.64. The minimum absolute atomic E-state index is 0.0954. The van der Waals surface area contributed by atoms with Crippen molar-refractivity contribution in [2.24, 2.45) is 5.92 Å². The second kappa shape index (κ2) is 50.0. The molecule has 1 rings (SSSR count). The van der Waals surface area contributed by atoms with Gasteiger partial charge in [-0.25, -0.2) is 0 Å². The summed E-state index contributed by atoms with van der Waals surface area (Å²) in [5, 5.41) is 47.2. The van der Waals surface area contributed by atoms with Crippen LogP contribution in [0.25, 0.3) is 0 Å². The third kappa shape index (κ3) is 40.0. The van der Waals surface area contributed by atoms with Crippen molar-refractivity contribution in [3.8, 4) is 0 Å². The van der Waals surface area contributed by atoms with Gasteiger partial charge in [-0.2, -0.15) is 0 Å². The normalized spacial score (nSPS) is 17.4. The van der Waals surface area contributed by atoms with E-state index in [-0.39, 0.29) is 24.5 Å². The average Bonchev–Trinajstić information content (AvgIpc) is 3.36. The zero-order valence-corrected chi connectivity index (χ0v) is 50.1. The number of unbranched alkanes of at least 4 members (excludes halogenated alkanes) is 30. The molecule has 0 bridgehead atoms. The summed E-state index contributed by atoms with van der Waals surface area (Å²) in [5.74, 6) is 0.335. The van der Waals surface area contributed by atoms with Crippen LogP contribution in [0.4, 0.5) is 0 Å². The van der Waals surface area contributed by atoms with Gasteiger partial charge >= 0.3 is 0 Å². The van der Waals surface area contributed by atoms with Gasteiger partial charge in [0.15, 0.2) is 0 Å². The summed E-state index contributed by atoms with van der Waals surface area (Å²) in [6.45, 7) is 17.6. The third-order valence-corrected chi connectivity index (χ3v) is 16.2. The van der Waals surface area contributed by atoms with E-state index in [2.05, 4.69) is 49.7 Å². The molecule has 0 aromatic heterocycles. The quantitative estimate of drug-likeness (QED) is 0.0380. The second-order valence-electron chi connectivity index (χ2n) is 24.0. The Hall–Kier alpha value is -1.30. The number of aliphatic hydroxyl groups excluding tert-OH is 4. The first kappa shape index (κ1) is 70.7. The maximum Gasteiger partial charge on any atom is 0.245 e. The molecule has 0 saturated carbocycles. The smallest absolute Gasteiger partial charge is 0.245 e. The predicted octanol–water partition coefficient (Wildman–Crippen LogP) is 14.8. The van der Waals surface area contributed by atoms with Crippen LogP contribution in [0.15, 0.2) is 0 Å². The van der Waals surface area contributed by atoms with Crippen molar-refractivity contribution in [3.63, 3.8) is 0 Å². The Bertz CT molecular complexity index is 1190. The monoisotopic (exact) mass is 1050 g/mol. The topological polar surface area (TPSA) is 137 Å². The largest absolute Gasteiger partial charge is 0.392 e. The number of nitrogens with zero attached hydrogens (tertiary/aromatic N) is 3. The molecule has 1 aliphatic rings.